The summed E-state index contributed by atoms with van der Waals surface area (Å²) >= 11 is 0. The van der Waals surface area contributed by atoms with Crippen LogP contribution in [-0.2, 0) is 17.1 Å². The third-order valence-electron chi connectivity index (χ3n) is 5.39. The van der Waals surface area contributed by atoms with Gasteiger partial charge in [-0.15, -0.1) is 0 Å². The minimum absolute atomic E-state index is 0.135. The number of benzene rings is 2. The van der Waals surface area contributed by atoms with Gasteiger partial charge in [-0.25, -0.2) is 22.5 Å². The molecule has 9 heteroatoms. The number of sulfonamides is 1. The summed E-state index contributed by atoms with van der Waals surface area (Å²) in [5.41, 5.74) is 10.1. The number of aromatic nitrogens is 3. The zero-order valence-corrected chi connectivity index (χ0v) is 17.5. The number of nitrogens with one attached hydrogen (secondary N) is 1. The van der Waals surface area contributed by atoms with Gasteiger partial charge in [0.25, 0.3) is 10.0 Å². The molecule has 158 valence electrons. The molecule has 2 heterocycles. The Morgan fingerprint density at radius 1 is 1.13 bits per heavy atom. The van der Waals surface area contributed by atoms with Crippen LogP contribution in [0.5, 0.6) is 0 Å². The van der Waals surface area contributed by atoms with Crippen molar-refractivity contribution in [1.29, 1.82) is 0 Å². The fraction of sp³-hybridized carbons (Fsp3) is 0.182. The summed E-state index contributed by atoms with van der Waals surface area (Å²) in [5.74, 6) is 0.246. The molecule has 5 rings (SSSR count). The molecule has 0 spiro atoms. The van der Waals surface area contributed by atoms with E-state index in [1.165, 1.54) is 18.2 Å². The Morgan fingerprint density at radius 2 is 1.87 bits per heavy atom. The monoisotopic (exact) mass is 437 g/mol. The molecule has 0 amide bonds. The van der Waals surface area contributed by atoms with Gasteiger partial charge < -0.3 is 5.73 Å². The van der Waals surface area contributed by atoms with Crippen LogP contribution in [0.4, 0.5) is 15.9 Å². The molecule has 1 saturated carbocycles. The van der Waals surface area contributed by atoms with Crippen LogP contribution < -0.4 is 10.5 Å². The Kier molecular flexibility index (Phi) is 4.44. The van der Waals surface area contributed by atoms with E-state index in [0.29, 0.717) is 17.4 Å². The van der Waals surface area contributed by atoms with Gasteiger partial charge in [0.05, 0.1) is 10.3 Å². The number of halogens is 1. The number of hydrogen-bond donors (Lipinski definition) is 2. The molecule has 31 heavy (non-hydrogen) atoms. The summed E-state index contributed by atoms with van der Waals surface area (Å²) in [4.78, 5) is 4.61. The molecule has 2 aromatic heterocycles. The van der Waals surface area contributed by atoms with Crippen molar-refractivity contribution in [2.75, 3.05) is 10.5 Å². The van der Waals surface area contributed by atoms with Crippen LogP contribution in [0, 0.1) is 5.82 Å². The second kappa shape index (κ2) is 7.05. The molecular weight excluding hydrogens is 417 g/mol. The number of pyridine rings is 1. The van der Waals surface area contributed by atoms with Gasteiger partial charge >= 0.3 is 0 Å². The first kappa shape index (κ1) is 19.5. The van der Waals surface area contributed by atoms with Crippen LogP contribution >= 0.6 is 0 Å². The molecule has 0 unspecified atom stereocenters. The lowest BCUT2D eigenvalue weighted by molar-refractivity contribution is 0.595. The Morgan fingerprint density at radius 3 is 2.55 bits per heavy atom. The number of anilines is 2. The second-order valence-corrected chi connectivity index (χ2v) is 9.40. The van der Waals surface area contributed by atoms with Gasteiger partial charge in [-0.1, -0.05) is 18.2 Å². The summed E-state index contributed by atoms with van der Waals surface area (Å²) < 4.78 is 42.7. The molecule has 0 atom stereocenters. The van der Waals surface area contributed by atoms with Crippen molar-refractivity contribution in [3.63, 3.8) is 0 Å². The number of fused-ring (bicyclic) bond motifs is 1. The highest BCUT2D eigenvalue weighted by Gasteiger charge is 2.27. The maximum absolute atomic E-state index is 13.4. The molecule has 0 aliphatic heterocycles. The van der Waals surface area contributed by atoms with Gasteiger partial charge in [0.15, 0.2) is 11.5 Å². The van der Waals surface area contributed by atoms with Crippen molar-refractivity contribution in [2.24, 2.45) is 7.05 Å². The van der Waals surface area contributed by atoms with E-state index in [0.717, 1.165) is 46.8 Å². The van der Waals surface area contributed by atoms with Crippen molar-refractivity contribution >= 4 is 32.6 Å². The average molecular weight is 438 g/mol. The first-order valence-electron chi connectivity index (χ1n) is 9.84. The fourth-order valence-electron chi connectivity index (χ4n) is 3.68. The minimum Gasteiger partial charge on any atom is -0.382 e. The highest BCUT2D eigenvalue weighted by atomic mass is 32.2. The van der Waals surface area contributed by atoms with Crippen molar-refractivity contribution in [3.05, 3.63) is 66.1 Å². The van der Waals surface area contributed by atoms with Crippen molar-refractivity contribution < 1.29 is 12.8 Å². The second-order valence-electron chi connectivity index (χ2n) is 7.72. The number of aryl methyl sites for hydroxylation is 1. The first-order chi connectivity index (χ1) is 14.8. The molecular formula is C22H20FN5O2S. The van der Waals surface area contributed by atoms with E-state index in [1.807, 2.05) is 25.2 Å². The lowest BCUT2D eigenvalue weighted by Crippen LogP contribution is -2.13. The highest BCUT2D eigenvalue weighted by molar-refractivity contribution is 7.92. The van der Waals surface area contributed by atoms with E-state index in [1.54, 1.807) is 16.8 Å². The lowest BCUT2D eigenvalue weighted by atomic mass is 10.0. The van der Waals surface area contributed by atoms with Crippen LogP contribution in [0.3, 0.4) is 0 Å². The van der Waals surface area contributed by atoms with Crippen molar-refractivity contribution in [2.45, 2.75) is 23.7 Å². The first-order valence-corrected chi connectivity index (χ1v) is 11.3. The zero-order chi connectivity index (χ0) is 21.8. The third kappa shape index (κ3) is 3.61. The number of nitrogen functional groups attached to an aromatic ring is 1. The summed E-state index contributed by atoms with van der Waals surface area (Å²) in [6.45, 7) is 0. The van der Waals surface area contributed by atoms with Crippen molar-refractivity contribution in [1.82, 2.24) is 14.8 Å². The van der Waals surface area contributed by atoms with E-state index in [-0.39, 0.29) is 4.90 Å². The normalized spacial score (nSPS) is 14.1. The lowest BCUT2D eigenvalue weighted by Gasteiger charge is -2.11. The topological polar surface area (TPSA) is 103 Å². The van der Waals surface area contributed by atoms with Gasteiger partial charge in [0.1, 0.15) is 5.82 Å². The molecule has 3 N–H and O–H groups in total. The molecule has 0 radical (unpaired) electrons. The molecule has 4 aromatic rings. The molecule has 0 bridgehead atoms. The largest absolute Gasteiger partial charge is 0.382 e. The van der Waals surface area contributed by atoms with E-state index in [4.69, 9.17) is 10.7 Å². The Hall–Kier alpha value is -3.46. The standard InChI is InChI=1S/C22H20FN5O2S/c1-28-22-20(21(24)26-28)18(12-19(25-22)14-5-6-14)13-7-9-16(10-8-13)27-31(29,30)17-4-2-3-15(23)11-17/h2-4,7-12,14,27H,5-6H2,1H3,(H2,24,26). The third-order valence-corrected chi connectivity index (χ3v) is 6.77. The quantitative estimate of drug-likeness (QED) is 0.491. The number of nitrogens with two attached hydrogens (primary N) is 1. The molecule has 1 aliphatic carbocycles. The average Bonchev–Trinajstić information content (AvgIpc) is 3.54. The molecule has 7 nitrogen and oxygen atoms in total. The fourth-order valence-corrected chi connectivity index (χ4v) is 4.77. The maximum Gasteiger partial charge on any atom is 0.261 e. The molecule has 1 aliphatic rings. The van der Waals surface area contributed by atoms with Crippen LogP contribution in [0.25, 0.3) is 22.2 Å². The maximum atomic E-state index is 13.4. The van der Waals surface area contributed by atoms with Crippen LogP contribution in [-0.4, -0.2) is 23.2 Å². The Labute approximate surface area is 178 Å². The van der Waals surface area contributed by atoms with Gasteiger partial charge in [-0.05, 0) is 60.4 Å². The van der Waals surface area contributed by atoms with Gasteiger partial charge in [0.2, 0.25) is 0 Å². The zero-order valence-electron chi connectivity index (χ0n) is 16.7. The Bertz CT molecular complexity index is 1410. The van der Waals surface area contributed by atoms with Gasteiger partial charge in [-0.2, -0.15) is 5.10 Å². The van der Waals surface area contributed by atoms with E-state index >= 15 is 0 Å². The van der Waals surface area contributed by atoms with Gasteiger partial charge in [0, 0.05) is 24.3 Å². The van der Waals surface area contributed by atoms with E-state index < -0.39 is 15.8 Å². The Balaban J connectivity index is 1.51. The molecule has 2 aromatic carbocycles. The van der Waals surface area contributed by atoms with Crippen molar-refractivity contribution in [3.8, 4) is 11.1 Å². The smallest absolute Gasteiger partial charge is 0.261 e. The number of hydrogen-bond acceptors (Lipinski definition) is 5. The summed E-state index contributed by atoms with van der Waals surface area (Å²) in [6, 6.07) is 13.9. The SMILES string of the molecule is Cn1nc(N)c2c(-c3ccc(NS(=O)(=O)c4cccc(F)c4)cc3)cc(C3CC3)nc21. The predicted octanol–water partition coefficient (Wildman–Crippen LogP) is 4.03. The van der Waals surface area contributed by atoms with Gasteiger partial charge in [-0.3, -0.25) is 4.72 Å². The number of rotatable bonds is 5. The highest BCUT2D eigenvalue weighted by Crippen LogP contribution is 2.42. The van der Waals surface area contributed by atoms with E-state index in [2.05, 4.69) is 9.82 Å². The van der Waals surface area contributed by atoms with Crippen LogP contribution in [0.1, 0.15) is 24.5 Å². The minimum atomic E-state index is -3.89. The summed E-state index contributed by atoms with van der Waals surface area (Å²) in [6.07, 6.45) is 2.23. The molecule has 0 saturated heterocycles. The molecule has 1 fully saturated rings. The predicted molar refractivity (Wildman–Crippen MR) is 118 cm³/mol. The van der Waals surface area contributed by atoms with Crippen LogP contribution in [0.15, 0.2) is 59.5 Å². The van der Waals surface area contributed by atoms with Crippen LogP contribution in [0.2, 0.25) is 0 Å². The summed E-state index contributed by atoms with van der Waals surface area (Å²) in [5, 5.41) is 5.09. The summed E-state index contributed by atoms with van der Waals surface area (Å²) in [7, 11) is -2.08. The van der Waals surface area contributed by atoms with E-state index in [9.17, 15) is 12.8 Å². The number of nitrogens with zero attached hydrogens (tertiary/aromatic N) is 3.